The monoisotopic (exact) mass is 337 g/mol. The molecule has 0 saturated carbocycles. The van der Waals surface area contributed by atoms with Gasteiger partial charge in [-0.2, -0.15) is 4.98 Å². The Morgan fingerprint density at radius 1 is 1.09 bits per heavy atom. The van der Waals surface area contributed by atoms with E-state index in [-0.39, 0.29) is 11.7 Å². The fourth-order valence-electron chi connectivity index (χ4n) is 2.47. The third kappa shape index (κ3) is 5.65. The first-order valence-electron chi connectivity index (χ1n) is 8.81. The number of unbranched alkanes of at least 4 members (excludes halogenated alkanes) is 6. The van der Waals surface area contributed by atoms with E-state index < -0.39 is 0 Å². The van der Waals surface area contributed by atoms with Crippen molar-refractivity contribution in [2.24, 2.45) is 0 Å². The van der Waals surface area contributed by atoms with Crippen LogP contribution in [0, 0.1) is 0 Å². The minimum absolute atomic E-state index is 0.101. The molecule has 2 aromatic rings. The van der Waals surface area contributed by atoms with Crippen molar-refractivity contribution in [3.8, 4) is 6.08 Å². The summed E-state index contributed by atoms with van der Waals surface area (Å²) in [5.74, 6) is 0. The van der Waals surface area contributed by atoms with Gasteiger partial charge in [0, 0.05) is 4.88 Å². The molecule has 0 spiro atoms. The highest BCUT2D eigenvalue weighted by Gasteiger charge is 2.11. The minimum atomic E-state index is -0.341. The SMILES string of the molecule is CCCCCCCCc1cc2c(=O)oc(OCCCC)nc2s1. The Morgan fingerprint density at radius 2 is 1.83 bits per heavy atom. The molecule has 5 heteroatoms. The summed E-state index contributed by atoms with van der Waals surface area (Å²) >= 11 is 1.58. The van der Waals surface area contributed by atoms with Gasteiger partial charge in [0.15, 0.2) is 0 Å². The molecule has 23 heavy (non-hydrogen) atoms. The van der Waals surface area contributed by atoms with Gasteiger partial charge < -0.3 is 9.15 Å². The van der Waals surface area contributed by atoms with Crippen molar-refractivity contribution < 1.29 is 9.15 Å². The Labute approximate surface area is 141 Å². The van der Waals surface area contributed by atoms with Gasteiger partial charge in [0.05, 0.1) is 12.0 Å². The molecular formula is C18H27NO3S. The Bertz CT molecular complexity index is 647. The highest BCUT2D eigenvalue weighted by molar-refractivity contribution is 7.18. The van der Waals surface area contributed by atoms with Crippen LogP contribution in [0.5, 0.6) is 6.08 Å². The number of aryl methyl sites for hydroxylation is 1. The standard InChI is InChI=1S/C18H27NO3S/c1-3-5-7-8-9-10-11-14-13-15-16(23-14)19-18(22-17(15)20)21-12-6-4-2/h13H,3-12H2,1-2H3. The number of thiophene rings is 1. The first kappa shape index (κ1) is 18.0. The summed E-state index contributed by atoms with van der Waals surface area (Å²) in [4.78, 5) is 18.3. The second kappa shape index (κ2) is 9.71. The molecule has 4 nitrogen and oxygen atoms in total. The van der Waals surface area contributed by atoms with Crippen LogP contribution >= 0.6 is 11.3 Å². The average molecular weight is 337 g/mol. The van der Waals surface area contributed by atoms with Crippen molar-refractivity contribution in [2.75, 3.05) is 6.61 Å². The maximum Gasteiger partial charge on any atom is 0.397 e. The van der Waals surface area contributed by atoms with Crippen molar-refractivity contribution in [3.05, 3.63) is 21.4 Å². The van der Waals surface area contributed by atoms with E-state index in [0.29, 0.717) is 12.0 Å². The molecule has 0 N–H and O–H groups in total. The topological polar surface area (TPSA) is 52.3 Å². The van der Waals surface area contributed by atoms with Crippen LogP contribution in [0.25, 0.3) is 10.2 Å². The third-order valence-electron chi connectivity index (χ3n) is 3.86. The lowest BCUT2D eigenvalue weighted by Gasteiger charge is -2.00. The van der Waals surface area contributed by atoms with Gasteiger partial charge in [-0.15, -0.1) is 11.3 Å². The summed E-state index contributed by atoms with van der Waals surface area (Å²) in [5.41, 5.74) is -0.341. The molecule has 0 atom stereocenters. The fraction of sp³-hybridized carbons (Fsp3) is 0.667. The van der Waals surface area contributed by atoms with Crippen LogP contribution in [0.3, 0.4) is 0 Å². The van der Waals surface area contributed by atoms with Gasteiger partial charge in [0.2, 0.25) is 0 Å². The van der Waals surface area contributed by atoms with Crippen molar-refractivity contribution in [3.63, 3.8) is 0 Å². The summed E-state index contributed by atoms with van der Waals surface area (Å²) in [6, 6.07) is 1.93. The number of rotatable bonds is 11. The predicted molar refractivity (Wildman–Crippen MR) is 95.6 cm³/mol. The van der Waals surface area contributed by atoms with Gasteiger partial charge in [-0.1, -0.05) is 52.4 Å². The molecule has 128 valence electrons. The van der Waals surface area contributed by atoms with E-state index in [2.05, 4.69) is 18.8 Å². The zero-order valence-corrected chi connectivity index (χ0v) is 15.0. The van der Waals surface area contributed by atoms with Gasteiger partial charge in [-0.25, -0.2) is 4.79 Å². The summed E-state index contributed by atoms with van der Waals surface area (Å²) in [5, 5.41) is 0.582. The molecule has 0 radical (unpaired) electrons. The molecule has 0 amide bonds. The molecule has 0 bridgehead atoms. The normalized spacial score (nSPS) is 11.2. The van der Waals surface area contributed by atoms with Crippen molar-refractivity contribution in [1.29, 1.82) is 0 Å². The molecule has 0 aliphatic rings. The van der Waals surface area contributed by atoms with Crippen molar-refractivity contribution in [2.45, 2.75) is 71.6 Å². The number of nitrogens with zero attached hydrogens (tertiary/aromatic N) is 1. The van der Waals surface area contributed by atoms with Crippen LogP contribution in [0.1, 0.15) is 70.1 Å². The van der Waals surface area contributed by atoms with Crippen LogP contribution in [0.15, 0.2) is 15.3 Å². The fourth-order valence-corrected chi connectivity index (χ4v) is 3.51. The Hall–Kier alpha value is -1.36. The minimum Gasteiger partial charge on any atom is -0.450 e. The summed E-state index contributed by atoms with van der Waals surface area (Å²) in [6.07, 6.45) is 10.7. The zero-order valence-electron chi connectivity index (χ0n) is 14.2. The van der Waals surface area contributed by atoms with Gasteiger partial charge in [-0.05, 0) is 25.3 Å². The largest absolute Gasteiger partial charge is 0.450 e. The van der Waals surface area contributed by atoms with Crippen LogP contribution in [-0.4, -0.2) is 11.6 Å². The molecule has 0 aromatic carbocycles. The summed E-state index contributed by atoms with van der Waals surface area (Å²) < 4.78 is 10.5. The molecule has 0 unspecified atom stereocenters. The first-order chi connectivity index (χ1) is 11.2. The van der Waals surface area contributed by atoms with Crippen LogP contribution in [0.4, 0.5) is 0 Å². The number of fused-ring (bicyclic) bond motifs is 1. The smallest absolute Gasteiger partial charge is 0.397 e. The first-order valence-corrected chi connectivity index (χ1v) is 9.62. The number of hydrogen-bond donors (Lipinski definition) is 0. The lowest BCUT2D eigenvalue weighted by Crippen LogP contribution is -2.04. The highest BCUT2D eigenvalue weighted by Crippen LogP contribution is 2.25. The second-order valence-corrected chi connectivity index (χ2v) is 7.03. The predicted octanol–water partition coefficient (Wildman–Crippen LogP) is 5.33. The zero-order chi connectivity index (χ0) is 16.5. The molecule has 0 aliphatic heterocycles. The Morgan fingerprint density at radius 3 is 2.61 bits per heavy atom. The molecular weight excluding hydrogens is 310 g/mol. The molecule has 0 fully saturated rings. The van der Waals surface area contributed by atoms with E-state index >= 15 is 0 Å². The molecule has 2 heterocycles. The average Bonchev–Trinajstić information content (AvgIpc) is 2.94. The van der Waals surface area contributed by atoms with Crippen LogP contribution < -0.4 is 10.4 Å². The van der Waals surface area contributed by atoms with E-state index in [1.54, 1.807) is 11.3 Å². The van der Waals surface area contributed by atoms with Gasteiger partial charge in [0.25, 0.3) is 0 Å². The highest BCUT2D eigenvalue weighted by atomic mass is 32.1. The lowest BCUT2D eigenvalue weighted by molar-refractivity contribution is 0.213. The van der Waals surface area contributed by atoms with E-state index in [0.717, 1.165) is 24.1 Å². The second-order valence-electron chi connectivity index (χ2n) is 5.92. The summed E-state index contributed by atoms with van der Waals surface area (Å²) in [6.45, 7) is 4.86. The maximum absolute atomic E-state index is 12.0. The Kier molecular flexibility index (Phi) is 7.59. The van der Waals surface area contributed by atoms with E-state index in [1.165, 1.54) is 43.4 Å². The number of hydrogen-bond acceptors (Lipinski definition) is 5. The van der Waals surface area contributed by atoms with E-state index in [4.69, 9.17) is 9.15 Å². The van der Waals surface area contributed by atoms with Crippen LogP contribution in [0.2, 0.25) is 0 Å². The molecule has 0 aliphatic carbocycles. The van der Waals surface area contributed by atoms with E-state index in [1.807, 2.05) is 6.07 Å². The van der Waals surface area contributed by atoms with Crippen LogP contribution in [-0.2, 0) is 6.42 Å². The Balaban J connectivity index is 1.92. The van der Waals surface area contributed by atoms with Gasteiger partial charge in [0.1, 0.15) is 4.83 Å². The number of aromatic nitrogens is 1. The third-order valence-corrected chi connectivity index (χ3v) is 4.95. The molecule has 2 aromatic heterocycles. The van der Waals surface area contributed by atoms with Gasteiger partial charge in [-0.3, -0.25) is 0 Å². The molecule has 2 rings (SSSR count). The summed E-state index contributed by atoms with van der Waals surface area (Å²) in [7, 11) is 0. The van der Waals surface area contributed by atoms with E-state index in [9.17, 15) is 4.79 Å². The quantitative estimate of drug-likeness (QED) is 0.520. The maximum atomic E-state index is 12.0. The molecule has 0 saturated heterocycles. The van der Waals surface area contributed by atoms with Crippen molar-refractivity contribution >= 4 is 21.6 Å². The van der Waals surface area contributed by atoms with Crippen molar-refractivity contribution in [1.82, 2.24) is 4.98 Å². The number of ether oxygens (including phenoxy) is 1. The van der Waals surface area contributed by atoms with Gasteiger partial charge >= 0.3 is 11.7 Å². The lowest BCUT2D eigenvalue weighted by atomic mass is 10.1.